The Morgan fingerprint density at radius 2 is 1.51 bits per heavy atom. The number of pyridine rings is 3. The predicted octanol–water partition coefficient (Wildman–Crippen LogP) is 14.9. The molecule has 0 atom stereocenters. The van der Waals surface area contributed by atoms with Gasteiger partial charge in [-0.2, -0.15) is 0 Å². The Hall–Kier alpha value is -5.73. The summed E-state index contributed by atoms with van der Waals surface area (Å²) in [5.41, 5.74) is 16.3. The maximum absolute atomic E-state index is 6.61. The van der Waals surface area contributed by atoms with Gasteiger partial charge in [0, 0.05) is 47.8 Å². The summed E-state index contributed by atoms with van der Waals surface area (Å²) in [6.07, 6.45) is 9.08. The summed E-state index contributed by atoms with van der Waals surface area (Å²) in [6, 6.07) is 49.0. The van der Waals surface area contributed by atoms with Crippen LogP contribution in [0.3, 0.4) is 0 Å². The zero-order valence-electron chi connectivity index (χ0n) is 39.8. The minimum Gasteiger partial charge on any atom is 0 e. The van der Waals surface area contributed by atoms with E-state index >= 15 is 0 Å². The first-order valence-corrected chi connectivity index (χ1v) is 30.9. The molecule has 0 unspecified atom stereocenters. The molecule has 5 aromatic heterocycles. The summed E-state index contributed by atoms with van der Waals surface area (Å²) in [6.45, 7) is 10.7. The Kier molecular flexibility index (Phi) is 13.2. The second kappa shape index (κ2) is 19.1. The van der Waals surface area contributed by atoms with Crippen LogP contribution in [0.4, 0.5) is 0 Å². The number of aromatic nitrogens is 5. The van der Waals surface area contributed by atoms with Gasteiger partial charge in [0.2, 0.25) is 5.71 Å². The molecule has 0 bridgehead atoms. The van der Waals surface area contributed by atoms with Crippen LogP contribution in [0.5, 0.6) is 0 Å². The molecule has 11 rings (SSSR count). The van der Waals surface area contributed by atoms with E-state index in [1.165, 1.54) is 48.8 Å². The van der Waals surface area contributed by atoms with Crippen LogP contribution >= 0.6 is 0 Å². The number of rotatable bonds is 8. The first-order valence-electron chi connectivity index (χ1n) is 23.6. The van der Waals surface area contributed by atoms with E-state index in [9.17, 15) is 0 Å². The number of imidazole rings is 1. The van der Waals surface area contributed by atoms with Gasteiger partial charge in [0.1, 0.15) is 0 Å². The topological polar surface area (TPSA) is 69.6 Å². The number of fused-ring (bicyclic) bond motifs is 6. The van der Waals surface area contributed by atoms with Crippen molar-refractivity contribution in [3.63, 3.8) is 0 Å². The van der Waals surface area contributed by atoms with Gasteiger partial charge in [-0.1, -0.05) is 67.3 Å². The van der Waals surface area contributed by atoms with Gasteiger partial charge >= 0.3 is 137 Å². The number of benzene rings is 5. The smallest absolute Gasteiger partial charge is 0 e. The van der Waals surface area contributed by atoms with E-state index in [-0.39, 0.29) is 20.1 Å². The van der Waals surface area contributed by atoms with E-state index < -0.39 is 13.3 Å². The van der Waals surface area contributed by atoms with Crippen molar-refractivity contribution in [3.05, 3.63) is 168 Å². The molecule has 1 fully saturated rings. The van der Waals surface area contributed by atoms with Crippen LogP contribution in [0, 0.1) is 38.8 Å². The van der Waals surface area contributed by atoms with Crippen LogP contribution in [-0.4, -0.2) is 37.8 Å². The van der Waals surface area contributed by atoms with E-state index in [4.69, 9.17) is 24.4 Å². The molecule has 1 radical (unpaired) electrons. The summed E-state index contributed by atoms with van der Waals surface area (Å²) >= 11 is -1.87. The first-order chi connectivity index (χ1) is 31.9. The van der Waals surface area contributed by atoms with Gasteiger partial charge in [-0.15, -0.1) is 18.2 Å². The second-order valence-electron chi connectivity index (χ2n) is 19.6. The fraction of sp³-hybridized carbons (Fsp3) is 0.254. The third-order valence-electron chi connectivity index (χ3n) is 13.5. The largest absolute Gasteiger partial charge is 0 e. The van der Waals surface area contributed by atoms with E-state index in [0.29, 0.717) is 11.6 Å². The van der Waals surface area contributed by atoms with Crippen molar-refractivity contribution in [2.24, 2.45) is 5.92 Å². The Bertz CT molecular complexity index is 3380. The van der Waals surface area contributed by atoms with Gasteiger partial charge in [0.25, 0.3) is 0 Å². The maximum Gasteiger partial charge on any atom is 0 e. The molecule has 10 aromatic rings. The minimum atomic E-state index is -1.87. The van der Waals surface area contributed by atoms with Crippen molar-refractivity contribution >= 4 is 61.7 Å². The molecule has 1 aliphatic rings. The molecule has 0 aliphatic heterocycles. The SMILES string of the molecule is Cc1ccc2ccc3nc(-c4[c-]ccc5c4oc4nc(-c6c(C)cccc6C)ccc45)n(-c4ccc(C(C)C)cc4)c3c2n1.[CH3][Ge]([CH3])([CH3])[c]1cnc(-c2[c-]cccc2)cc1CC1CCCC1.[Ir]. The summed E-state index contributed by atoms with van der Waals surface area (Å²) < 4.78 is 10.4. The van der Waals surface area contributed by atoms with E-state index in [2.05, 4.69) is 171 Å². The van der Waals surface area contributed by atoms with E-state index in [1.54, 1.807) is 9.96 Å². The van der Waals surface area contributed by atoms with Gasteiger partial charge in [-0.05, 0) is 79.8 Å². The molecule has 67 heavy (non-hydrogen) atoms. The molecular weight excluding hydrogens is 1060 g/mol. The maximum atomic E-state index is 6.61. The summed E-state index contributed by atoms with van der Waals surface area (Å²) in [4.78, 5) is 20.0. The van der Waals surface area contributed by atoms with Crippen LogP contribution in [0.1, 0.15) is 73.4 Å². The number of furan rings is 1. The molecule has 339 valence electrons. The van der Waals surface area contributed by atoms with Crippen molar-refractivity contribution < 1.29 is 24.5 Å². The predicted molar refractivity (Wildman–Crippen MR) is 277 cm³/mol. The van der Waals surface area contributed by atoms with Gasteiger partial charge in [-0.25, -0.2) is 4.98 Å². The molecule has 0 N–H and O–H groups in total. The van der Waals surface area contributed by atoms with Crippen LogP contribution < -0.4 is 4.40 Å². The quantitative estimate of drug-likeness (QED) is 0.112. The van der Waals surface area contributed by atoms with Crippen LogP contribution in [-0.2, 0) is 26.5 Å². The van der Waals surface area contributed by atoms with Crippen molar-refractivity contribution in [2.75, 3.05) is 0 Å². The fourth-order valence-electron chi connectivity index (χ4n) is 9.98. The first kappa shape index (κ1) is 46.4. The van der Waals surface area contributed by atoms with Crippen LogP contribution in [0.2, 0.25) is 17.3 Å². The zero-order chi connectivity index (χ0) is 45.7. The van der Waals surface area contributed by atoms with Gasteiger partial charge < -0.3 is 8.98 Å². The molecule has 5 aromatic carbocycles. The zero-order valence-corrected chi connectivity index (χ0v) is 44.3. The summed E-state index contributed by atoms with van der Waals surface area (Å²) in [5.74, 6) is 9.51. The van der Waals surface area contributed by atoms with Crippen molar-refractivity contribution in [3.8, 4) is 39.6 Å². The number of aryl methyl sites for hydroxylation is 3. The normalized spacial score (nSPS) is 13.1. The Morgan fingerprint density at radius 3 is 2.22 bits per heavy atom. The Balaban J connectivity index is 0.000000206. The minimum absolute atomic E-state index is 0. The van der Waals surface area contributed by atoms with Gasteiger partial charge in [-0.3, -0.25) is 9.97 Å². The summed E-state index contributed by atoms with van der Waals surface area (Å²) in [7, 11) is 0. The van der Waals surface area contributed by atoms with Crippen LogP contribution in [0.25, 0.3) is 83.6 Å². The Labute approximate surface area is 411 Å². The molecule has 1 saturated carbocycles. The molecule has 0 amide bonds. The second-order valence-corrected chi connectivity index (χ2v) is 30.2. The van der Waals surface area contributed by atoms with Gasteiger partial charge in [0.05, 0.1) is 33.7 Å². The monoisotopic (exact) mass is 1120 g/mol. The van der Waals surface area contributed by atoms with E-state index in [0.717, 1.165) is 89.5 Å². The number of hydrogen-bond acceptors (Lipinski definition) is 5. The fourth-order valence-corrected chi connectivity index (χ4v) is 13.3. The van der Waals surface area contributed by atoms with Gasteiger partial charge in [0.15, 0.2) is 0 Å². The van der Waals surface area contributed by atoms with E-state index in [1.807, 2.05) is 25.1 Å². The standard InChI is InChI=1S/C39H31N4O.C20H26GeN.Ir/c1-22(2)26-14-17-28(18-15-26)43-36-33(20-16-27-13-12-25(5)40-35(27)36)41-38(43)31-11-7-10-29-30-19-21-32(42-39(30)44-37(29)31)34-23(3)8-6-9-24(34)4;1-21(2,3)19-15-22-20(17-11-5-4-6-12-17)14-18(19)13-16-9-7-8-10-16;/h6-10,12-22H,1-5H3;4-6,11,14-16H,7-10,13H2,1-3H3;/q2*-1;. The average Bonchev–Trinajstić information content (AvgIpc) is 4.07. The third-order valence-corrected chi connectivity index (χ3v) is 17.8. The number of hydrogen-bond donors (Lipinski definition) is 0. The molecule has 1 aliphatic carbocycles. The summed E-state index contributed by atoms with van der Waals surface area (Å²) in [5, 5.41) is 3.03. The molecule has 5 heterocycles. The molecular formula is C59H57GeIrN5O-2. The molecule has 0 saturated heterocycles. The van der Waals surface area contributed by atoms with Crippen molar-refractivity contribution in [1.29, 1.82) is 0 Å². The number of nitrogens with zero attached hydrogens (tertiary/aromatic N) is 5. The van der Waals surface area contributed by atoms with Crippen LogP contribution in [0.15, 0.2) is 132 Å². The van der Waals surface area contributed by atoms with Crippen molar-refractivity contribution in [2.45, 2.75) is 89.9 Å². The third kappa shape index (κ3) is 9.19. The molecule has 8 heteroatoms. The Morgan fingerprint density at radius 1 is 0.746 bits per heavy atom. The average molecular weight is 1120 g/mol. The van der Waals surface area contributed by atoms with Crippen molar-refractivity contribution in [1.82, 2.24) is 24.5 Å². The molecule has 6 nitrogen and oxygen atoms in total. The molecule has 0 spiro atoms.